The number of carbonyl (C=O) groups excluding carboxylic acids is 1. The van der Waals surface area contributed by atoms with Gasteiger partial charge in [0.1, 0.15) is 0 Å². The molecule has 0 unspecified atom stereocenters. The largest absolute Gasteiger partial charge is 0.340 e. The number of benzene rings is 2. The van der Waals surface area contributed by atoms with Gasteiger partial charge in [-0.1, -0.05) is 61.5 Å². The van der Waals surface area contributed by atoms with Crippen molar-refractivity contribution in [3.05, 3.63) is 60.2 Å². The Morgan fingerprint density at radius 2 is 1.74 bits per heavy atom. The number of amides is 1. The van der Waals surface area contributed by atoms with E-state index in [9.17, 15) is 4.79 Å². The van der Waals surface area contributed by atoms with E-state index in [1.165, 1.54) is 16.7 Å². The van der Waals surface area contributed by atoms with Gasteiger partial charge in [0.05, 0.1) is 6.04 Å². The summed E-state index contributed by atoms with van der Waals surface area (Å²) >= 11 is 0. The Balaban J connectivity index is 1.67. The van der Waals surface area contributed by atoms with Gasteiger partial charge in [-0.3, -0.25) is 4.79 Å². The van der Waals surface area contributed by atoms with Gasteiger partial charge in [-0.05, 0) is 29.5 Å². The van der Waals surface area contributed by atoms with Crippen LogP contribution in [0.3, 0.4) is 0 Å². The second-order valence-corrected chi connectivity index (χ2v) is 6.10. The van der Waals surface area contributed by atoms with Gasteiger partial charge in [-0.2, -0.15) is 0 Å². The minimum absolute atomic E-state index is 0.0853. The zero-order valence-electron chi connectivity index (χ0n) is 13.7. The van der Waals surface area contributed by atoms with Gasteiger partial charge >= 0.3 is 0 Å². The van der Waals surface area contributed by atoms with E-state index in [0.29, 0.717) is 0 Å². The van der Waals surface area contributed by atoms with E-state index in [-0.39, 0.29) is 11.9 Å². The normalized spacial score (nSPS) is 18.2. The molecule has 1 amide bonds. The van der Waals surface area contributed by atoms with Crippen LogP contribution in [0.2, 0.25) is 0 Å². The highest BCUT2D eigenvalue weighted by Crippen LogP contribution is 2.20. The van der Waals surface area contributed by atoms with Gasteiger partial charge in [-0.25, -0.2) is 0 Å². The van der Waals surface area contributed by atoms with Crippen LogP contribution in [0, 0.1) is 0 Å². The monoisotopic (exact) mass is 308 g/mol. The number of nitrogens with zero attached hydrogens (tertiary/aromatic N) is 1. The zero-order valence-corrected chi connectivity index (χ0v) is 13.7. The number of rotatable bonds is 5. The van der Waals surface area contributed by atoms with E-state index < -0.39 is 0 Å². The molecule has 1 atom stereocenters. The fourth-order valence-corrected chi connectivity index (χ4v) is 3.14. The van der Waals surface area contributed by atoms with E-state index in [4.69, 9.17) is 0 Å². The van der Waals surface area contributed by atoms with Crippen LogP contribution in [-0.4, -0.2) is 36.5 Å². The maximum Gasteiger partial charge on any atom is 0.240 e. The Morgan fingerprint density at radius 3 is 2.43 bits per heavy atom. The van der Waals surface area contributed by atoms with Crippen LogP contribution in [0.4, 0.5) is 0 Å². The van der Waals surface area contributed by atoms with Crippen molar-refractivity contribution in [2.24, 2.45) is 0 Å². The third-order valence-corrected chi connectivity index (χ3v) is 4.38. The Morgan fingerprint density at radius 1 is 1.04 bits per heavy atom. The number of piperazine rings is 1. The van der Waals surface area contributed by atoms with Crippen molar-refractivity contribution in [1.29, 1.82) is 0 Å². The predicted octanol–water partition coefficient (Wildman–Crippen LogP) is 3.11. The molecule has 0 radical (unpaired) electrons. The van der Waals surface area contributed by atoms with Crippen molar-refractivity contribution in [2.75, 3.05) is 19.6 Å². The van der Waals surface area contributed by atoms with Crippen molar-refractivity contribution in [3.63, 3.8) is 0 Å². The van der Waals surface area contributed by atoms with Crippen LogP contribution in [0.15, 0.2) is 54.6 Å². The highest BCUT2D eigenvalue weighted by molar-refractivity contribution is 5.83. The van der Waals surface area contributed by atoms with Gasteiger partial charge in [-0.15, -0.1) is 0 Å². The molecule has 1 aliphatic heterocycles. The fraction of sp³-hybridized carbons (Fsp3) is 0.350. The molecule has 0 aliphatic carbocycles. The number of nitrogens with one attached hydrogen (secondary N) is 1. The summed E-state index contributed by atoms with van der Waals surface area (Å²) < 4.78 is 0. The van der Waals surface area contributed by atoms with Crippen molar-refractivity contribution < 1.29 is 4.79 Å². The maximum absolute atomic E-state index is 12.5. The Labute approximate surface area is 138 Å². The highest BCUT2D eigenvalue weighted by Gasteiger charge is 2.27. The molecule has 0 spiro atoms. The fourth-order valence-electron chi connectivity index (χ4n) is 3.14. The lowest BCUT2D eigenvalue weighted by Gasteiger charge is -2.33. The van der Waals surface area contributed by atoms with Gasteiger partial charge in [0, 0.05) is 19.6 Å². The van der Waals surface area contributed by atoms with E-state index in [1.807, 2.05) is 11.0 Å². The minimum Gasteiger partial charge on any atom is -0.340 e. The average molecular weight is 308 g/mol. The van der Waals surface area contributed by atoms with Crippen LogP contribution in [-0.2, 0) is 11.2 Å². The zero-order chi connectivity index (χ0) is 16.1. The Bertz CT molecular complexity index is 634. The molecule has 3 rings (SSSR count). The molecule has 3 heteroatoms. The summed E-state index contributed by atoms with van der Waals surface area (Å²) in [7, 11) is 0. The second-order valence-electron chi connectivity index (χ2n) is 6.10. The quantitative estimate of drug-likeness (QED) is 0.920. The Hall–Kier alpha value is -2.13. The first-order valence-electron chi connectivity index (χ1n) is 8.44. The smallest absolute Gasteiger partial charge is 0.240 e. The number of carbonyl (C=O) groups is 1. The average Bonchev–Trinajstić information content (AvgIpc) is 2.60. The highest BCUT2D eigenvalue weighted by atomic mass is 16.2. The van der Waals surface area contributed by atoms with Crippen LogP contribution in [0.5, 0.6) is 0 Å². The topological polar surface area (TPSA) is 32.3 Å². The summed E-state index contributed by atoms with van der Waals surface area (Å²) in [4.78, 5) is 14.5. The van der Waals surface area contributed by atoms with Crippen LogP contribution in [0.25, 0.3) is 11.1 Å². The molecule has 0 bridgehead atoms. The molecule has 1 heterocycles. The summed E-state index contributed by atoms with van der Waals surface area (Å²) in [6, 6.07) is 18.8. The second kappa shape index (κ2) is 7.42. The predicted molar refractivity (Wildman–Crippen MR) is 94.2 cm³/mol. The molecule has 1 N–H and O–H groups in total. The molecular weight excluding hydrogens is 284 g/mol. The van der Waals surface area contributed by atoms with Gasteiger partial charge in [0.15, 0.2) is 0 Å². The summed E-state index contributed by atoms with van der Waals surface area (Å²) in [6.07, 6.45) is 1.78. The molecule has 1 fully saturated rings. The van der Waals surface area contributed by atoms with Crippen molar-refractivity contribution in [3.8, 4) is 11.1 Å². The lowest BCUT2D eigenvalue weighted by Crippen LogP contribution is -2.55. The summed E-state index contributed by atoms with van der Waals surface area (Å²) in [6.45, 7) is 4.70. The minimum atomic E-state index is -0.0853. The van der Waals surface area contributed by atoms with E-state index >= 15 is 0 Å². The first-order chi connectivity index (χ1) is 11.3. The molecule has 2 aromatic carbocycles. The third kappa shape index (κ3) is 3.80. The van der Waals surface area contributed by atoms with Crippen LogP contribution in [0.1, 0.15) is 18.9 Å². The van der Waals surface area contributed by atoms with Gasteiger partial charge < -0.3 is 10.2 Å². The molecular formula is C20H24N2O. The molecule has 2 aromatic rings. The van der Waals surface area contributed by atoms with Crippen LogP contribution >= 0.6 is 0 Å². The van der Waals surface area contributed by atoms with Gasteiger partial charge in [0.2, 0.25) is 5.91 Å². The van der Waals surface area contributed by atoms with E-state index in [1.54, 1.807) is 0 Å². The van der Waals surface area contributed by atoms with E-state index in [2.05, 4.69) is 60.8 Å². The molecule has 0 aromatic heterocycles. The van der Waals surface area contributed by atoms with Crippen molar-refractivity contribution >= 4 is 5.91 Å². The molecule has 0 saturated carbocycles. The number of hydrogen-bond acceptors (Lipinski definition) is 2. The lowest BCUT2D eigenvalue weighted by molar-refractivity contribution is -0.135. The first kappa shape index (κ1) is 15.8. The maximum atomic E-state index is 12.5. The van der Waals surface area contributed by atoms with Crippen LogP contribution < -0.4 is 5.32 Å². The van der Waals surface area contributed by atoms with E-state index in [0.717, 1.165) is 32.5 Å². The molecule has 1 saturated heterocycles. The standard InChI is InChI=1S/C20H24N2O/c1-2-13-22-14-12-21-19(20(22)23)15-16-8-10-18(11-9-16)17-6-4-3-5-7-17/h3-11,19,21H,2,12-15H2,1H3/t19-/m1/s1. The van der Waals surface area contributed by atoms with Gasteiger partial charge in [0.25, 0.3) is 0 Å². The molecule has 120 valence electrons. The Kier molecular flexibility index (Phi) is 5.09. The molecule has 1 aliphatic rings. The molecule has 23 heavy (non-hydrogen) atoms. The lowest BCUT2D eigenvalue weighted by atomic mass is 9.99. The SMILES string of the molecule is CCCN1CCN[C@H](Cc2ccc(-c3ccccc3)cc2)C1=O. The first-order valence-corrected chi connectivity index (χ1v) is 8.44. The summed E-state index contributed by atoms with van der Waals surface area (Å²) in [5, 5.41) is 3.36. The summed E-state index contributed by atoms with van der Waals surface area (Å²) in [5.41, 5.74) is 3.64. The van der Waals surface area contributed by atoms with Crippen molar-refractivity contribution in [2.45, 2.75) is 25.8 Å². The summed E-state index contributed by atoms with van der Waals surface area (Å²) in [5.74, 6) is 0.241. The number of hydrogen-bond donors (Lipinski definition) is 1. The van der Waals surface area contributed by atoms with Crippen molar-refractivity contribution in [1.82, 2.24) is 10.2 Å². The molecule has 3 nitrogen and oxygen atoms in total. The third-order valence-electron chi connectivity index (χ3n) is 4.38.